The van der Waals surface area contributed by atoms with Crippen LogP contribution in [0.2, 0.25) is 0 Å². The highest BCUT2D eigenvalue weighted by molar-refractivity contribution is 5.89. The largest absolute Gasteiger partial charge is 0.494 e. The second kappa shape index (κ2) is 11.0. The molecule has 1 saturated carbocycles. The zero-order valence-corrected chi connectivity index (χ0v) is 20.3. The van der Waals surface area contributed by atoms with Crippen LogP contribution in [-0.4, -0.2) is 53.8 Å². The minimum absolute atomic E-state index is 0.164. The van der Waals surface area contributed by atoms with Gasteiger partial charge in [-0.1, -0.05) is 18.2 Å². The van der Waals surface area contributed by atoms with E-state index in [9.17, 15) is 4.79 Å². The molecule has 2 amide bonds. The number of carbonyl (C=O) groups is 1. The molecule has 0 unspecified atom stereocenters. The molecule has 1 fully saturated rings. The third kappa shape index (κ3) is 5.70. The molecular weight excluding hydrogens is 456 g/mol. The second-order valence-electron chi connectivity index (χ2n) is 8.80. The fourth-order valence-corrected chi connectivity index (χ4v) is 4.11. The number of aryl methyl sites for hydroxylation is 1. The molecule has 1 aliphatic carbocycles. The molecule has 0 aliphatic heterocycles. The lowest BCUT2D eigenvalue weighted by molar-refractivity contribution is 0.206. The van der Waals surface area contributed by atoms with Crippen molar-refractivity contribution in [2.24, 2.45) is 0 Å². The Balaban J connectivity index is 1.28. The third-order valence-corrected chi connectivity index (χ3v) is 6.10. The highest BCUT2D eigenvalue weighted by Crippen LogP contribution is 2.36. The van der Waals surface area contributed by atoms with Gasteiger partial charge < -0.3 is 19.5 Å². The highest BCUT2D eigenvalue weighted by atomic mass is 16.5. The van der Waals surface area contributed by atoms with Gasteiger partial charge in [-0.05, 0) is 66.9 Å². The fourth-order valence-electron chi connectivity index (χ4n) is 4.11. The van der Waals surface area contributed by atoms with Gasteiger partial charge in [0.15, 0.2) is 5.82 Å². The molecule has 2 aromatic carbocycles. The lowest BCUT2D eigenvalue weighted by atomic mass is 10.1. The first-order valence-corrected chi connectivity index (χ1v) is 12.3. The van der Waals surface area contributed by atoms with Gasteiger partial charge in [-0.15, -0.1) is 5.10 Å². The maximum Gasteiger partial charge on any atom is 0.322 e. The predicted molar refractivity (Wildman–Crippen MR) is 135 cm³/mol. The molecule has 36 heavy (non-hydrogen) atoms. The molecule has 4 aromatic rings. The SMILES string of the molecule is CCOc1ccccc1CN(CCCn1ccnc1)C(=O)Nc1ccc(-c2nnnn2C2CC2)cc1. The number of para-hydroxylation sites is 1. The van der Waals surface area contributed by atoms with E-state index in [1.54, 1.807) is 12.5 Å². The molecular formula is C26H30N8O2. The highest BCUT2D eigenvalue weighted by Gasteiger charge is 2.28. The maximum atomic E-state index is 13.4. The lowest BCUT2D eigenvalue weighted by Crippen LogP contribution is -2.35. The first-order valence-electron chi connectivity index (χ1n) is 12.3. The van der Waals surface area contributed by atoms with Crippen molar-refractivity contribution in [3.05, 3.63) is 72.8 Å². The summed E-state index contributed by atoms with van der Waals surface area (Å²) in [6.07, 6.45) is 8.48. The summed E-state index contributed by atoms with van der Waals surface area (Å²) in [7, 11) is 0. The lowest BCUT2D eigenvalue weighted by Gasteiger charge is -2.24. The predicted octanol–water partition coefficient (Wildman–Crippen LogP) is 4.39. The summed E-state index contributed by atoms with van der Waals surface area (Å²) >= 11 is 0. The van der Waals surface area contributed by atoms with Crippen LogP contribution >= 0.6 is 0 Å². The van der Waals surface area contributed by atoms with Gasteiger partial charge in [-0.2, -0.15) is 0 Å². The number of carbonyl (C=O) groups excluding carboxylic acids is 1. The van der Waals surface area contributed by atoms with Crippen LogP contribution < -0.4 is 10.1 Å². The first kappa shape index (κ1) is 23.5. The van der Waals surface area contributed by atoms with E-state index in [0.29, 0.717) is 31.4 Å². The van der Waals surface area contributed by atoms with Crippen molar-refractivity contribution in [2.45, 2.75) is 45.3 Å². The van der Waals surface area contributed by atoms with E-state index < -0.39 is 0 Å². The van der Waals surface area contributed by atoms with E-state index in [1.165, 1.54) is 0 Å². The standard InChI is InChI=1S/C26H30N8O2/c1-2-36-24-7-4-3-6-21(24)18-33(16-5-15-32-17-14-27-19-32)26(35)28-22-10-8-20(9-11-22)25-29-30-31-34(25)23-12-13-23/h3-4,6-11,14,17,19,23H,2,5,12-13,15-16,18H2,1H3,(H,28,35). The number of benzene rings is 2. The van der Waals surface area contributed by atoms with Gasteiger partial charge in [0, 0.05) is 42.3 Å². The summed E-state index contributed by atoms with van der Waals surface area (Å²) in [4.78, 5) is 19.3. The van der Waals surface area contributed by atoms with Crippen LogP contribution in [0.15, 0.2) is 67.3 Å². The van der Waals surface area contributed by atoms with Gasteiger partial charge in [0.1, 0.15) is 5.75 Å². The second-order valence-corrected chi connectivity index (χ2v) is 8.80. The molecule has 186 valence electrons. The monoisotopic (exact) mass is 486 g/mol. The Kier molecular flexibility index (Phi) is 7.20. The Hall–Kier alpha value is -4.21. The number of nitrogens with zero attached hydrogens (tertiary/aromatic N) is 7. The van der Waals surface area contributed by atoms with Crippen molar-refractivity contribution in [3.63, 3.8) is 0 Å². The molecule has 0 bridgehead atoms. The minimum atomic E-state index is -0.164. The molecule has 0 saturated heterocycles. The number of amides is 2. The van der Waals surface area contributed by atoms with E-state index in [0.717, 1.165) is 48.5 Å². The quantitative estimate of drug-likeness (QED) is 0.337. The zero-order valence-electron chi connectivity index (χ0n) is 20.3. The van der Waals surface area contributed by atoms with E-state index >= 15 is 0 Å². The van der Waals surface area contributed by atoms with E-state index in [4.69, 9.17) is 4.74 Å². The van der Waals surface area contributed by atoms with Crippen molar-refractivity contribution in [2.75, 3.05) is 18.5 Å². The van der Waals surface area contributed by atoms with Gasteiger partial charge in [0.2, 0.25) is 0 Å². The molecule has 1 N–H and O–H groups in total. The molecule has 1 aliphatic rings. The van der Waals surface area contributed by atoms with Gasteiger partial charge in [-0.25, -0.2) is 14.5 Å². The van der Waals surface area contributed by atoms with Gasteiger partial charge in [-0.3, -0.25) is 0 Å². The summed E-state index contributed by atoms with van der Waals surface area (Å²) in [5, 5.41) is 15.2. The van der Waals surface area contributed by atoms with E-state index in [1.807, 2.05) is 75.8 Å². The number of aromatic nitrogens is 6. The molecule has 10 heteroatoms. The average Bonchev–Trinajstić information content (AvgIpc) is 3.38. The molecule has 0 radical (unpaired) electrons. The van der Waals surface area contributed by atoms with Gasteiger partial charge >= 0.3 is 6.03 Å². The van der Waals surface area contributed by atoms with E-state index in [-0.39, 0.29) is 6.03 Å². The van der Waals surface area contributed by atoms with Crippen molar-refractivity contribution < 1.29 is 9.53 Å². The number of tetrazole rings is 1. The molecule has 2 heterocycles. The van der Waals surface area contributed by atoms with Crippen molar-refractivity contribution in [1.29, 1.82) is 0 Å². The number of hydrogen-bond donors (Lipinski definition) is 1. The van der Waals surface area contributed by atoms with Crippen LogP contribution in [0, 0.1) is 0 Å². The number of rotatable bonds is 11. The summed E-state index contributed by atoms with van der Waals surface area (Å²) in [5.41, 5.74) is 2.61. The van der Waals surface area contributed by atoms with Gasteiger partial charge in [0.25, 0.3) is 0 Å². The van der Waals surface area contributed by atoms with E-state index in [2.05, 4.69) is 25.8 Å². The fraction of sp³-hybridized carbons (Fsp3) is 0.346. The molecule has 5 rings (SSSR count). The van der Waals surface area contributed by atoms with Crippen LogP contribution in [-0.2, 0) is 13.1 Å². The van der Waals surface area contributed by atoms with Crippen LogP contribution in [0.5, 0.6) is 5.75 Å². The first-order chi connectivity index (χ1) is 17.7. The number of hydrogen-bond acceptors (Lipinski definition) is 6. The van der Waals surface area contributed by atoms with Gasteiger partial charge in [0.05, 0.1) is 25.5 Å². The topological polar surface area (TPSA) is 103 Å². The normalized spacial score (nSPS) is 12.9. The number of urea groups is 1. The number of ether oxygens (including phenoxy) is 1. The summed E-state index contributed by atoms with van der Waals surface area (Å²) in [5.74, 6) is 1.55. The Bertz CT molecular complexity index is 1270. The third-order valence-electron chi connectivity index (χ3n) is 6.10. The molecule has 10 nitrogen and oxygen atoms in total. The summed E-state index contributed by atoms with van der Waals surface area (Å²) < 4.78 is 9.68. The van der Waals surface area contributed by atoms with Crippen LogP contribution in [0.25, 0.3) is 11.4 Å². The Morgan fingerprint density at radius 3 is 2.75 bits per heavy atom. The number of imidazole rings is 1. The Morgan fingerprint density at radius 1 is 1.17 bits per heavy atom. The number of anilines is 1. The van der Waals surface area contributed by atoms with Crippen LogP contribution in [0.4, 0.5) is 10.5 Å². The van der Waals surface area contributed by atoms with Crippen molar-refractivity contribution in [1.82, 2.24) is 34.7 Å². The number of nitrogens with one attached hydrogen (secondary N) is 1. The van der Waals surface area contributed by atoms with Crippen LogP contribution in [0.3, 0.4) is 0 Å². The summed E-state index contributed by atoms with van der Waals surface area (Å²) in [6, 6.07) is 15.7. The minimum Gasteiger partial charge on any atom is -0.494 e. The zero-order chi connectivity index (χ0) is 24.7. The van der Waals surface area contributed by atoms with Crippen LogP contribution in [0.1, 0.15) is 37.8 Å². The molecule has 0 atom stereocenters. The average molecular weight is 487 g/mol. The molecule has 2 aromatic heterocycles. The Labute approximate surface area is 209 Å². The van der Waals surface area contributed by atoms with Crippen molar-refractivity contribution in [3.8, 4) is 17.1 Å². The summed E-state index contributed by atoms with van der Waals surface area (Å²) in [6.45, 7) is 4.33. The van der Waals surface area contributed by atoms with Crippen molar-refractivity contribution >= 4 is 11.7 Å². The molecule has 0 spiro atoms. The smallest absolute Gasteiger partial charge is 0.322 e. The Morgan fingerprint density at radius 2 is 2.00 bits per heavy atom. The maximum absolute atomic E-state index is 13.4.